The van der Waals surface area contributed by atoms with Crippen molar-refractivity contribution in [3.05, 3.63) is 72.3 Å². The van der Waals surface area contributed by atoms with Crippen molar-refractivity contribution in [2.24, 2.45) is 0 Å². The fourth-order valence-corrected chi connectivity index (χ4v) is 5.88. The number of anilines is 1. The van der Waals surface area contributed by atoms with Crippen molar-refractivity contribution in [3.8, 4) is 28.8 Å². The molecule has 2 saturated heterocycles. The molecule has 0 radical (unpaired) electrons. The van der Waals surface area contributed by atoms with Crippen LogP contribution in [0.25, 0.3) is 22.3 Å². The van der Waals surface area contributed by atoms with Gasteiger partial charge in [0.15, 0.2) is 5.65 Å². The number of nitrogen functional groups attached to an aromatic ring is 1. The van der Waals surface area contributed by atoms with Crippen LogP contribution in [0.15, 0.2) is 66.5 Å². The molecule has 0 saturated carbocycles. The number of hydrogen-bond acceptors (Lipinski definition) is 9. The molecule has 2 aromatic heterocycles. The topological polar surface area (TPSA) is 135 Å². The number of carbonyl (C=O) groups is 1. The van der Waals surface area contributed by atoms with Crippen molar-refractivity contribution in [1.82, 2.24) is 29.5 Å². The third-order valence-corrected chi connectivity index (χ3v) is 8.68. The molecular formula is C33H35FN8O3. The number of nitriles is 1. The van der Waals surface area contributed by atoms with E-state index in [1.807, 2.05) is 39.1 Å². The lowest BCUT2D eigenvalue weighted by Crippen LogP contribution is -2.55. The van der Waals surface area contributed by atoms with E-state index < -0.39 is 11.4 Å². The van der Waals surface area contributed by atoms with Gasteiger partial charge in [0.2, 0.25) is 0 Å². The maximum Gasteiger partial charge on any atom is 0.264 e. The second-order valence-corrected chi connectivity index (χ2v) is 12.0. The van der Waals surface area contributed by atoms with E-state index in [9.17, 15) is 10.1 Å². The van der Waals surface area contributed by atoms with Gasteiger partial charge in [-0.3, -0.25) is 9.69 Å². The van der Waals surface area contributed by atoms with Gasteiger partial charge < -0.3 is 20.1 Å². The summed E-state index contributed by atoms with van der Waals surface area (Å²) >= 11 is 0. The second-order valence-electron chi connectivity index (χ2n) is 12.0. The quantitative estimate of drug-likeness (QED) is 0.214. The second kappa shape index (κ2) is 12.3. The average molecular weight is 611 g/mol. The van der Waals surface area contributed by atoms with Crippen LogP contribution in [0.1, 0.15) is 26.7 Å². The Morgan fingerprint density at radius 3 is 2.69 bits per heavy atom. The Labute approximate surface area is 260 Å². The number of nitrogens with zero attached hydrogens (tertiary/aromatic N) is 7. The maximum atomic E-state index is 15.6. The van der Waals surface area contributed by atoms with Crippen LogP contribution in [0, 0.1) is 17.1 Å². The van der Waals surface area contributed by atoms with E-state index in [4.69, 9.17) is 20.3 Å². The minimum absolute atomic E-state index is 0.0939. The number of likely N-dealkylation sites (N-methyl/N-ethyl adjacent to an activating group) is 1. The molecule has 1 amide bonds. The van der Waals surface area contributed by atoms with Crippen molar-refractivity contribution < 1.29 is 18.7 Å². The van der Waals surface area contributed by atoms with Crippen LogP contribution in [-0.4, -0.2) is 79.9 Å². The average Bonchev–Trinajstić information content (AvgIpc) is 3.61. The van der Waals surface area contributed by atoms with Crippen LogP contribution in [0.2, 0.25) is 0 Å². The monoisotopic (exact) mass is 610 g/mol. The first-order chi connectivity index (χ1) is 21.7. The number of aromatic nitrogens is 4. The normalized spacial score (nSPS) is 17.5. The van der Waals surface area contributed by atoms with Crippen LogP contribution in [0.3, 0.4) is 0 Å². The molecule has 1 unspecified atom stereocenters. The van der Waals surface area contributed by atoms with Gasteiger partial charge in [0, 0.05) is 23.7 Å². The van der Waals surface area contributed by atoms with Crippen LogP contribution in [-0.2, 0) is 16.1 Å². The molecule has 0 aliphatic carbocycles. The Morgan fingerprint density at radius 1 is 1.22 bits per heavy atom. The molecule has 2 aliphatic rings. The summed E-state index contributed by atoms with van der Waals surface area (Å²) in [5.74, 6) is 0.235. The molecule has 2 fully saturated rings. The predicted molar refractivity (Wildman–Crippen MR) is 167 cm³/mol. The van der Waals surface area contributed by atoms with Crippen LogP contribution in [0.5, 0.6) is 11.5 Å². The van der Waals surface area contributed by atoms with Crippen molar-refractivity contribution in [2.45, 2.75) is 50.9 Å². The number of rotatable bonds is 9. The van der Waals surface area contributed by atoms with Crippen LogP contribution >= 0.6 is 0 Å². The summed E-state index contributed by atoms with van der Waals surface area (Å²) in [5.41, 5.74) is 6.79. The molecule has 12 heteroatoms. The van der Waals surface area contributed by atoms with Crippen molar-refractivity contribution in [2.75, 3.05) is 32.5 Å². The molecule has 2 aliphatic heterocycles. The number of amides is 1. The van der Waals surface area contributed by atoms with E-state index in [-0.39, 0.29) is 41.5 Å². The highest BCUT2D eigenvalue weighted by molar-refractivity contribution is 5.99. The van der Waals surface area contributed by atoms with Crippen LogP contribution in [0.4, 0.5) is 10.2 Å². The number of nitrogens with two attached hydrogens (primary N) is 1. The molecule has 232 valence electrons. The van der Waals surface area contributed by atoms with E-state index in [2.05, 4.69) is 20.9 Å². The van der Waals surface area contributed by atoms with Gasteiger partial charge in [-0.05, 0) is 64.1 Å². The zero-order valence-corrected chi connectivity index (χ0v) is 25.5. The molecule has 0 bridgehead atoms. The van der Waals surface area contributed by atoms with E-state index in [1.165, 1.54) is 12.4 Å². The van der Waals surface area contributed by atoms with E-state index in [0.717, 1.165) is 6.42 Å². The fraction of sp³-hybridized carbons (Fsp3) is 0.364. The summed E-state index contributed by atoms with van der Waals surface area (Å²) < 4.78 is 28.3. The lowest BCUT2D eigenvalue weighted by molar-refractivity contribution is -0.127. The lowest BCUT2D eigenvalue weighted by atomic mass is 9.96. The SMILES string of the molecule is CN(C1COC1)C(C)(C)/C=C(/C#N)C(=O)N1CCCC1Cn1nc(-c2ccc(Oc3ccccc3)cc2F)c2c(N)ncnc21. The molecule has 2 N–H and O–H groups in total. The molecular weight excluding hydrogens is 575 g/mol. The van der Waals surface area contributed by atoms with Gasteiger partial charge in [0.05, 0.1) is 37.2 Å². The summed E-state index contributed by atoms with van der Waals surface area (Å²) in [7, 11) is 1.97. The summed E-state index contributed by atoms with van der Waals surface area (Å²) in [6, 6.07) is 15.8. The third kappa shape index (κ3) is 5.96. The predicted octanol–water partition coefficient (Wildman–Crippen LogP) is 4.56. The van der Waals surface area contributed by atoms with Crippen molar-refractivity contribution >= 4 is 22.8 Å². The molecule has 2 aromatic carbocycles. The van der Waals surface area contributed by atoms with Gasteiger partial charge in [-0.15, -0.1) is 0 Å². The minimum atomic E-state index is -0.541. The molecule has 1 atom stereocenters. The van der Waals surface area contributed by atoms with Gasteiger partial charge >= 0.3 is 0 Å². The summed E-state index contributed by atoms with van der Waals surface area (Å²) in [6.45, 7) is 6.02. The highest BCUT2D eigenvalue weighted by atomic mass is 19.1. The van der Waals surface area contributed by atoms with Gasteiger partial charge in [-0.2, -0.15) is 10.4 Å². The van der Waals surface area contributed by atoms with Gasteiger partial charge in [0.1, 0.15) is 46.8 Å². The van der Waals surface area contributed by atoms with Crippen molar-refractivity contribution in [3.63, 3.8) is 0 Å². The molecule has 0 spiro atoms. The van der Waals surface area contributed by atoms with Crippen molar-refractivity contribution in [1.29, 1.82) is 5.26 Å². The largest absolute Gasteiger partial charge is 0.457 e. The summed E-state index contributed by atoms with van der Waals surface area (Å²) in [4.78, 5) is 26.2. The molecule has 4 aromatic rings. The third-order valence-electron chi connectivity index (χ3n) is 8.68. The first-order valence-corrected chi connectivity index (χ1v) is 14.9. The Kier molecular flexibility index (Phi) is 8.22. The summed E-state index contributed by atoms with van der Waals surface area (Å²) in [6.07, 6.45) is 4.57. The zero-order chi connectivity index (χ0) is 31.7. The zero-order valence-electron chi connectivity index (χ0n) is 25.5. The number of carbonyl (C=O) groups excluding carboxylic acids is 1. The number of likely N-dealkylation sites (tertiary alicyclic amines) is 1. The fourth-order valence-electron chi connectivity index (χ4n) is 5.88. The smallest absolute Gasteiger partial charge is 0.264 e. The maximum absolute atomic E-state index is 15.6. The van der Waals surface area contributed by atoms with Gasteiger partial charge in [0.25, 0.3) is 5.91 Å². The van der Waals surface area contributed by atoms with Gasteiger partial charge in [-0.25, -0.2) is 19.0 Å². The summed E-state index contributed by atoms with van der Waals surface area (Å²) in [5, 5.41) is 15.2. The molecule has 11 nitrogen and oxygen atoms in total. The number of halogens is 1. The number of ether oxygens (including phenoxy) is 2. The Bertz CT molecular complexity index is 1790. The Balaban J connectivity index is 1.28. The molecule has 6 rings (SSSR count). The highest BCUT2D eigenvalue weighted by Gasteiger charge is 2.36. The Morgan fingerprint density at radius 2 is 2.00 bits per heavy atom. The number of para-hydroxylation sites is 1. The Hall–Kier alpha value is -4.86. The first kappa shape index (κ1) is 30.2. The number of fused-ring (bicyclic) bond motifs is 1. The number of hydrogen-bond donors (Lipinski definition) is 1. The van der Waals surface area contributed by atoms with E-state index in [0.29, 0.717) is 54.4 Å². The number of benzene rings is 2. The molecule has 45 heavy (non-hydrogen) atoms. The lowest BCUT2D eigenvalue weighted by Gasteiger charge is -2.43. The van der Waals surface area contributed by atoms with E-state index in [1.54, 1.807) is 39.9 Å². The first-order valence-electron chi connectivity index (χ1n) is 14.9. The van der Waals surface area contributed by atoms with Gasteiger partial charge in [-0.1, -0.05) is 18.2 Å². The van der Waals surface area contributed by atoms with E-state index >= 15 is 4.39 Å². The highest BCUT2D eigenvalue weighted by Crippen LogP contribution is 2.35. The molecule has 4 heterocycles. The van der Waals surface area contributed by atoms with Crippen LogP contribution < -0.4 is 10.5 Å². The minimum Gasteiger partial charge on any atom is -0.457 e. The standard InChI is InChI=1S/C33H35FN8O3/c1-33(2,40(3)23-18-44-19-23)15-21(16-35)32(43)41-13-7-8-22(41)17-42-31-28(30(36)37-20-38-31)29(39-42)26-12-11-25(14-27(26)34)45-24-9-5-4-6-10-24/h4-6,9-12,14-15,20,22-23H,7-8,13,17-19H2,1-3H3,(H2,36,37,38)/b21-15-.